The Morgan fingerprint density at radius 1 is 0.893 bits per heavy atom. The predicted octanol–water partition coefficient (Wildman–Crippen LogP) is 2.55. The molecule has 1 saturated heterocycles. The molecule has 7 heteroatoms. The molecule has 3 aliphatic rings. The number of rotatable bonds is 3. The second-order valence-corrected chi connectivity index (χ2v) is 7.94. The molecule has 1 aliphatic carbocycles. The summed E-state index contributed by atoms with van der Waals surface area (Å²) >= 11 is 0. The third-order valence-corrected chi connectivity index (χ3v) is 6.24. The molecule has 0 radical (unpaired) electrons. The number of fused-ring (bicyclic) bond motifs is 1. The molecular weight excluding hydrogens is 360 g/mol. The fourth-order valence-electron chi connectivity index (χ4n) is 4.58. The lowest BCUT2D eigenvalue weighted by Gasteiger charge is -2.30. The van der Waals surface area contributed by atoms with Crippen LogP contribution in [0.3, 0.4) is 0 Å². The van der Waals surface area contributed by atoms with E-state index in [-0.39, 0.29) is 23.8 Å². The van der Waals surface area contributed by atoms with Gasteiger partial charge in [-0.15, -0.1) is 0 Å². The topological polar surface area (TPSA) is 95.0 Å². The largest absolute Gasteiger partial charge is 0.481 e. The van der Waals surface area contributed by atoms with Crippen molar-refractivity contribution >= 4 is 23.7 Å². The minimum absolute atomic E-state index is 0.0460. The minimum atomic E-state index is -0.823. The maximum absolute atomic E-state index is 12.9. The van der Waals surface area contributed by atoms with E-state index in [1.165, 1.54) is 11.0 Å². The van der Waals surface area contributed by atoms with Gasteiger partial charge in [0.15, 0.2) is 0 Å². The summed E-state index contributed by atoms with van der Waals surface area (Å²) in [4.78, 5) is 52.5. The lowest BCUT2D eigenvalue weighted by atomic mass is 9.94. The first kappa shape index (κ1) is 18.7. The minimum Gasteiger partial charge on any atom is -0.481 e. The van der Waals surface area contributed by atoms with E-state index in [1.54, 1.807) is 17.0 Å². The molecule has 1 aromatic carbocycles. The number of carboxylic acids is 1. The van der Waals surface area contributed by atoms with Crippen molar-refractivity contribution in [3.8, 4) is 0 Å². The average Bonchev–Trinajstić information content (AvgIpc) is 2.98. The molecule has 2 aliphatic heterocycles. The van der Waals surface area contributed by atoms with Crippen LogP contribution in [0.2, 0.25) is 0 Å². The van der Waals surface area contributed by atoms with E-state index in [9.17, 15) is 19.2 Å². The first-order chi connectivity index (χ1) is 13.5. The van der Waals surface area contributed by atoms with Gasteiger partial charge in [0.2, 0.25) is 0 Å². The van der Waals surface area contributed by atoms with Crippen molar-refractivity contribution in [3.63, 3.8) is 0 Å². The third kappa shape index (κ3) is 3.19. The molecule has 7 nitrogen and oxygen atoms in total. The van der Waals surface area contributed by atoms with Gasteiger partial charge in [-0.25, -0.2) is 0 Å². The number of amides is 3. The van der Waals surface area contributed by atoms with Crippen LogP contribution in [0, 0.1) is 5.92 Å². The molecule has 1 saturated carbocycles. The molecule has 1 aromatic rings. The number of imide groups is 1. The highest BCUT2D eigenvalue weighted by Gasteiger charge is 2.40. The molecule has 2 heterocycles. The van der Waals surface area contributed by atoms with E-state index < -0.39 is 11.9 Å². The van der Waals surface area contributed by atoms with Crippen LogP contribution in [0.5, 0.6) is 0 Å². The van der Waals surface area contributed by atoms with Crippen LogP contribution in [-0.2, 0) is 4.79 Å². The molecule has 0 bridgehead atoms. The maximum atomic E-state index is 12.9. The summed E-state index contributed by atoms with van der Waals surface area (Å²) in [6.07, 6.45) is 5.72. The molecular formula is C21H24N2O5. The average molecular weight is 384 g/mol. The normalized spacial score (nSPS) is 21.1. The van der Waals surface area contributed by atoms with E-state index in [2.05, 4.69) is 0 Å². The fourth-order valence-corrected chi connectivity index (χ4v) is 4.58. The summed E-state index contributed by atoms with van der Waals surface area (Å²) in [5.74, 6) is -2.01. The van der Waals surface area contributed by atoms with E-state index in [1.807, 2.05) is 0 Å². The Morgan fingerprint density at radius 2 is 1.54 bits per heavy atom. The van der Waals surface area contributed by atoms with Crippen molar-refractivity contribution in [1.29, 1.82) is 0 Å². The monoisotopic (exact) mass is 384 g/mol. The smallest absolute Gasteiger partial charge is 0.306 e. The van der Waals surface area contributed by atoms with Crippen LogP contribution in [0.4, 0.5) is 0 Å². The third-order valence-electron chi connectivity index (χ3n) is 6.24. The highest BCUT2D eigenvalue weighted by atomic mass is 16.4. The number of carboxylic acid groups (broad SMARTS) is 1. The van der Waals surface area contributed by atoms with Gasteiger partial charge in [0, 0.05) is 24.7 Å². The van der Waals surface area contributed by atoms with Crippen molar-refractivity contribution < 1.29 is 24.3 Å². The zero-order valence-electron chi connectivity index (χ0n) is 15.7. The summed E-state index contributed by atoms with van der Waals surface area (Å²) in [6, 6.07) is 4.66. The van der Waals surface area contributed by atoms with E-state index in [0.717, 1.165) is 32.1 Å². The van der Waals surface area contributed by atoms with Crippen LogP contribution >= 0.6 is 0 Å². The molecule has 148 valence electrons. The zero-order chi connectivity index (χ0) is 19.8. The van der Waals surface area contributed by atoms with Crippen LogP contribution < -0.4 is 0 Å². The molecule has 1 N–H and O–H groups in total. The van der Waals surface area contributed by atoms with Crippen LogP contribution in [0.25, 0.3) is 0 Å². The quantitative estimate of drug-likeness (QED) is 0.808. The number of likely N-dealkylation sites (tertiary alicyclic amines) is 1. The predicted molar refractivity (Wildman–Crippen MR) is 100 cm³/mol. The molecule has 2 fully saturated rings. The van der Waals surface area contributed by atoms with Crippen molar-refractivity contribution in [2.45, 2.75) is 51.0 Å². The van der Waals surface area contributed by atoms with Gasteiger partial charge in [0.05, 0.1) is 17.0 Å². The SMILES string of the molecule is O=C(O)C1CCN(C(=O)c2ccc3c(c2)C(=O)N(C2CCCCC2)C3=O)CC1. The van der Waals surface area contributed by atoms with E-state index in [4.69, 9.17) is 5.11 Å². The Balaban J connectivity index is 1.52. The van der Waals surface area contributed by atoms with Gasteiger partial charge >= 0.3 is 5.97 Å². The number of aliphatic carboxylic acids is 1. The maximum Gasteiger partial charge on any atom is 0.306 e. The summed E-state index contributed by atoms with van der Waals surface area (Å²) < 4.78 is 0. The second kappa shape index (κ2) is 7.37. The number of hydrogen-bond acceptors (Lipinski definition) is 4. The highest BCUT2D eigenvalue weighted by molar-refractivity contribution is 6.22. The van der Waals surface area contributed by atoms with Gasteiger partial charge < -0.3 is 10.0 Å². The van der Waals surface area contributed by atoms with Crippen molar-refractivity contribution in [2.75, 3.05) is 13.1 Å². The van der Waals surface area contributed by atoms with Crippen molar-refractivity contribution in [1.82, 2.24) is 9.80 Å². The standard InChI is InChI=1S/C21H24N2O5/c24-18(22-10-8-13(9-11-22)21(27)28)14-6-7-16-17(12-14)20(26)23(19(16)25)15-4-2-1-3-5-15/h6-7,12-13,15H,1-5,8-11H2,(H,27,28). The number of benzene rings is 1. The van der Waals surface area contributed by atoms with E-state index >= 15 is 0 Å². The first-order valence-electron chi connectivity index (χ1n) is 10.0. The first-order valence-corrected chi connectivity index (χ1v) is 10.0. The Hall–Kier alpha value is -2.70. The lowest BCUT2D eigenvalue weighted by molar-refractivity contribution is -0.143. The summed E-state index contributed by atoms with van der Waals surface area (Å²) in [5, 5.41) is 9.09. The summed E-state index contributed by atoms with van der Waals surface area (Å²) in [6.45, 7) is 0.766. The van der Waals surface area contributed by atoms with Crippen molar-refractivity contribution in [2.24, 2.45) is 5.92 Å². The van der Waals surface area contributed by atoms with Crippen LogP contribution in [0.1, 0.15) is 76.0 Å². The molecule has 0 aromatic heterocycles. The van der Waals surface area contributed by atoms with Crippen molar-refractivity contribution in [3.05, 3.63) is 34.9 Å². The number of carbonyl (C=O) groups is 4. The number of piperidine rings is 1. The molecule has 3 amide bonds. The van der Waals surface area contributed by atoms with Gasteiger partial charge in [-0.1, -0.05) is 19.3 Å². The van der Waals surface area contributed by atoms with Gasteiger partial charge in [0.1, 0.15) is 0 Å². The Kier molecular flexibility index (Phi) is 4.91. The van der Waals surface area contributed by atoms with Crippen LogP contribution in [-0.4, -0.2) is 57.7 Å². The number of carbonyl (C=O) groups excluding carboxylic acids is 3. The Bertz CT molecular complexity index is 835. The van der Waals surface area contributed by atoms with Gasteiger partial charge in [-0.05, 0) is 43.9 Å². The molecule has 0 spiro atoms. The number of nitrogens with zero attached hydrogens (tertiary/aromatic N) is 2. The molecule has 0 unspecified atom stereocenters. The van der Waals surface area contributed by atoms with E-state index in [0.29, 0.717) is 42.6 Å². The van der Waals surface area contributed by atoms with Gasteiger partial charge in [-0.3, -0.25) is 24.1 Å². The van der Waals surface area contributed by atoms with Crippen LogP contribution in [0.15, 0.2) is 18.2 Å². The second-order valence-electron chi connectivity index (χ2n) is 7.94. The molecule has 0 atom stereocenters. The lowest BCUT2D eigenvalue weighted by Crippen LogP contribution is -2.41. The Labute approximate surface area is 163 Å². The molecule has 4 rings (SSSR count). The Morgan fingerprint density at radius 3 is 2.18 bits per heavy atom. The highest BCUT2D eigenvalue weighted by Crippen LogP contribution is 2.32. The van der Waals surface area contributed by atoms with Gasteiger partial charge in [0.25, 0.3) is 17.7 Å². The summed E-state index contributed by atoms with van der Waals surface area (Å²) in [7, 11) is 0. The van der Waals surface area contributed by atoms with Gasteiger partial charge in [-0.2, -0.15) is 0 Å². The summed E-state index contributed by atoms with van der Waals surface area (Å²) in [5.41, 5.74) is 1.05. The molecule has 28 heavy (non-hydrogen) atoms. The number of hydrogen-bond donors (Lipinski definition) is 1. The zero-order valence-corrected chi connectivity index (χ0v) is 15.7. The fraction of sp³-hybridized carbons (Fsp3) is 0.524.